The van der Waals surface area contributed by atoms with E-state index in [4.69, 9.17) is 21.1 Å². The number of ether oxygens (including phenoxy) is 2. The Morgan fingerprint density at radius 2 is 1.55 bits per heavy atom. The van der Waals surface area contributed by atoms with Crippen LogP contribution in [0.2, 0.25) is 5.28 Å². The van der Waals surface area contributed by atoms with Crippen LogP contribution in [0.25, 0.3) is 11.4 Å². The van der Waals surface area contributed by atoms with Crippen LogP contribution in [0, 0.1) is 0 Å². The van der Waals surface area contributed by atoms with Gasteiger partial charge in [-0.05, 0) is 23.7 Å². The lowest BCUT2D eigenvalue weighted by atomic mass is 10.1. The summed E-state index contributed by atoms with van der Waals surface area (Å²) in [7, 11) is 0. The third kappa shape index (κ3) is 5.05. The molecular formula is C19H16ClF3N6O2. The SMILES string of the molecule is Clc1ncc2c(n1)NCCO2.FC(F)(F)c1cccc(-c2ncc3c(n2)NCCO3)c1. The van der Waals surface area contributed by atoms with Crippen LogP contribution < -0.4 is 20.1 Å². The van der Waals surface area contributed by atoms with Crippen molar-refractivity contribution in [2.45, 2.75) is 6.18 Å². The zero-order valence-electron chi connectivity index (χ0n) is 15.9. The molecule has 0 spiro atoms. The van der Waals surface area contributed by atoms with Crippen LogP contribution in [0.4, 0.5) is 24.8 Å². The van der Waals surface area contributed by atoms with E-state index in [1.165, 1.54) is 12.3 Å². The van der Waals surface area contributed by atoms with Gasteiger partial charge in [-0.1, -0.05) is 12.1 Å². The molecule has 2 N–H and O–H groups in total. The molecule has 0 amide bonds. The minimum absolute atomic E-state index is 0.229. The number of nitrogens with zero attached hydrogens (tertiary/aromatic N) is 4. The van der Waals surface area contributed by atoms with Gasteiger partial charge in [0.25, 0.3) is 0 Å². The fourth-order valence-electron chi connectivity index (χ4n) is 2.82. The van der Waals surface area contributed by atoms with E-state index in [2.05, 4.69) is 30.6 Å². The first-order valence-electron chi connectivity index (χ1n) is 9.21. The Balaban J connectivity index is 0.000000177. The fraction of sp³-hybridized carbons (Fsp3) is 0.263. The van der Waals surface area contributed by atoms with Crippen LogP contribution in [-0.2, 0) is 6.18 Å². The molecule has 3 aromatic rings. The van der Waals surface area contributed by atoms with Crippen molar-refractivity contribution in [2.24, 2.45) is 0 Å². The summed E-state index contributed by atoms with van der Waals surface area (Å²) in [6.07, 6.45) is -1.35. The van der Waals surface area contributed by atoms with Gasteiger partial charge in [-0.3, -0.25) is 0 Å². The number of fused-ring (bicyclic) bond motifs is 2. The number of anilines is 2. The van der Waals surface area contributed by atoms with Gasteiger partial charge in [0, 0.05) is 5.56 Å². The Labute approximate surface area is 179 Å². The van der Waals surface area contributed by atoms with Gasteiger partial charge in [-0.25, -0.2) is 15.0 Å². The van der Waals surface area contributed by atoms with Crippen LogP contribution in [0.1, 0.15) is 5.56 Å². The Bertz CT molecular complexity index is 1080. The second-order valence-corrected chi connectivity index (χ2v) is 6.73. The van der Waals surface area contributed by atoms with Gasteiger partial charge in [0.2, 0.25) is 5.28 Å². The van der Waals surface area contributed by atoms with Crippen molar-refractivity contribution in [2.75, 3.05) is 36.9 Å². The van der Waals surface area contributed by atoms with Crippen molar-refractivity contribution < 1.29 is 22.6 Å². The standard InChI is InChI=1S/C13H10F3N3O.C6H6ClN3O/c14-13(15,16)9-3-1-2-8(6-9)11-18-7-10-12(19-11)17-4-5-20-10;7-6-9-3-4-5(10-6)8-1-2-11-4/h1-3,6-7H,4-5H2,(H,17,18,19);3H,1-2H2,(H,8,9,10). The van der Waals surface area contributed by atoms with E-state index in [-0.39, 0.29) is 11.1 Å². The van der Waals surface area contributed by atoms with Gasteiger partial charge < -0.3 is 20.1 Å². The summed E-state index contributed by atoms with van der Waals surface area (Å²) in [5, 5.41) is 6.30. The van der Waals surface area contributed by atoms with Crippen molar-refractivity contribution in [3.63, 3.8) is 0 Å². The number of benzene rings is 1. The molecule has 4 heterocycles. The van der Waals surface area contributed by atoms with Crippen LogP contribution in [0.15, 0.2) is 36.7 Å². The second kappa shape index (κ2) is 8.80. The minimum Gasteiger partial charge on any atom is -0.486 e. The number of hydrogen-bond donors (Lipinski definition) is 2. The van der Waals surface area contributed by atoms with Crippen molar-refractivity contribution in [3.8, 4) is 22.9 Å². The zero-order valence-corrected chi connectivity index (χ0v) is 16.7. The molecule has 12 heteroatoms. The lowest BCUT2D eigenvalue weighted by Crippen LogP contribution is -2.19. The van der Waals surface area contributed by atoms with Crippen molar-refractivity contribution >= 4 is 23.2 Å². The number of rotatable bonds is 1. The summed E-state index contributed by atoms with van der Waals surface area (Å²) in [6.45, 7) is 2.53. The first kappa shape index (κ1) is 20.9. The van der Waals surface area contributed by atoms with Gasteiger partial charge in [0.05, 0.1) is 31.0 Å². The Morgan fingerprint density at radius 3 is 2.23 bits per heavy atom. The first-order valence-corrected chi connectivity index (χ1v) is 9.58. The molecule has 2 aliphatic heterocycles. The molecule has 2 aliphatic rings. The molecular weight excluding hydrogens is 437 g/mol. The number of aromatic nitrogens is 4. The maximum absolute atomic E-state index is 12.7. The van der Waals surface area contributed by atoms with Crippen molar-refractivity contribution in [1.29, 1.82) is 0 Å². The predicted octanol–water partition coefficient (Wildman–Crippen LogP) is 3.90. The highest BCUT2D eigenvalue weighted by Gasteiger charge is 2.30. The molecule has 0 saturated heterocycles. The monoisotopic (exact) mass is 452 g/mol. The maximum Gasteiger partial charge on any atom is 0.416 e. The molecule has 0 unspecified atom stereocenters. The third-order valence-electron chi connectivity index (χ3n) is 4.23. The Morgan fingerprint density at radius 1 is 0.903 bits per heavy atom. The van der Waals surface area contributed by atoms with E-state index in [1.54, 1.807) is 12.3 Å². The second-order valence-electron chi connectivity index (χ2n) is 6.39. The van der Waals surface area contributed by atoms with Crippen LogP contribution >= 0.6 is 11.6 Å². The van der Waals surface area contributed by atoms with Gasteiger partial charge in [0.1, 0.15) is 13.2 Å². The summed E-state index contributed by atoms with van der Waals surface area (Å²) in [5.41, 5.74) is -0.407. The number of hydrogen-bond acceptors (Lipinski definition) is 8. The van der Waals surface area contributed by atoms with Crippen LogP contribution in [-0.4, -0.2) is 46.2 Å². The highest BCUT2D eigenvalue weighted by Crippen LogP contribution is 2.32. The first-order chi connectivity index (χ1) is 14.9. The predicted molar refractivity (Wildman–Crippen MR) is 107 cm³/mol. The van der Waals surface area contributed by atoms with Gasteiger partial charge in [-0.2, -0.15) is 18.2 Å². The molecule has 0 radical (unpaired) electrons. The highest BCUT2D eigenvalue weighted by molar-refractivity contribution is 6.28. The lowest BCUT2D eigenvalue weighted by Gasteiger charge is -2.18. The molecule has 0 aliphatic carbocycles. The minimum atomic E-state index is -4.38. The number of alkyl halides is 3. The van der Waals surface area contributed by atoms with E-state index in [1.807, 2.05) is 0 Å². The van der Waals surface area contributed by atoms with E-state index in [0.717, 1.165) is 18.7 Å². The highest BCUT2D eigenvalue weighted by atomic mass is 35.5. The molecule has 162 valence electrons. The molecule has 0 bridgehead atoms. The Kier molecular flexibility index (Phi) is 5.94. The Hall–Kier alpha value is -3.34. The van der Waals surface area contributed by atoms with Gasteiger partial charge in [-0.15, -0.1) is 0 Å². The molecule has 5 rings (SSSR count). The summed E-state index contributed by atoms with van der Waals surface area (Å²) in [6, 6.07) is 4.93. The largest absolute Gasteiger partial charge is 0.486 e. The summed E-state index contributed by atoms with van der Waals surface area (Å²) in [4.78, 5) is 15.9. The normalized spacial score (nSPS) is 14.3. The number of halogens is 4. The van der Waals surface area contributed by atoms with E-state index >= 15 is 0 Å². The molecule has 2 aromatic heterocycles. The smallest absolute Gasteiger partial charge is 0.416 e. The summed E-state index contributed by atoms with van der Waals surface area (Å²) in [5.74, 6) is 2.58. The zero-order chi connectivity index (χ0) is 21.8. The van der Waals surface area contributed by atoms with Gasteiger partial charge >= 0.3 is 6.18 Å². The summed E-state index contributed by atoms with van der Waals surface area (Å²) < 4.78 is 48.6. The van der Waals surface area contributed by atoms with Crippen molar-refractivity contribution in [3.05, 3.63) is 47.5 Å². The molecule has 0 atom stereocenters. The van der Waals surface area contributed by atoms with Crippen molar-refractivity contribution in [1.82, 2.24) is 19.9 Å². The number of nitrogens with one attached hydrogen (secondary N) is 2. The topological polar surface area (TPSA) is 94.1 Å². The van der Waals surface area contributed by atoms with E-state index < -0.39 is 11.7 Å². The molecule has 31 heavy (non-hydrogen) atoms. The average molecular weight is 453 g/mol. The lowest BCUT2D eigenvalue weighted by molar-refractivity contribution is -0.137. The van der Waals surface area contributed by atoms with Gasteiger partial charge in [0.15, 0.2) is 29.0 Å². The molecule has 0 fully saturated rings. The average Bonchev–Trinajstić information content (AvgIpc) is 2.78. The molecule has 1 aromatic carbocycles. The quantitative estimate of drug-likeness (QED) is 0.537. The van der Waals surface area contributed by atoms with E-state index in [9.17, 15) is 13.2 Å². The molecule has 8 nitrogen and oxygen atoms in total. The maximum atomic E-state index is 12.7. The third-order valence-corrected chi connectivity index (χ3v) is 4.42. The van der Waals surface area contributed by atoms with E-state index in [0.29, 0.717) is 48.5 Å². The molecule has 0 saturated carbocycles. The fourth-order valence-corrected chi connectivity index (χ4v) is 2.95. The van der Waals surface area contributed by atoms with Crippen LogP contribution in [0.3, 0.4) is 0 Å². The van der Waals surface area contributed by atoms with Crippen LogP contribution in [0.5, 0.6) is 11.5 Å². The summed E-state index contributed by atoms with van der Waals surface area (Å²) >= 11 is 5.56.